The van der Waals surface area contributed by atoms with Gasteiger partial charge in [0, 0.05) is 31.7 Å². The number of hydrogen-bond donors (Lipinski definition) is 2. The first-order chi connectivity index (χ1) is 13.1. The Balaban J connectivity index is 1.35. The van der Waals surface area contributed by atoms with Gasteiger partial charge in [-0.05, 0) is 43.0 Å². The zero-order chi connectivity index (χ0) is 19.1. The molecule has 142 valence electrons. The predicted octanol–water partition coefficient (Wildman–Crippen LogP) is 2.37. The average Bonchev–Trinajstić information content (AvgIpc) is 2.71. The van der Waals surface area contributed by atoms with E-state index in [9.17, 15) is 9.59 Å². The molecule has 0 saturated heterocycles. The fraction of sp³-hybridized carbons (Fsp3) is 0.364. The van der Waals surface area contributed by atoms with E-state index in [-0.39, 0.29) is 11.8 Å². The number of amides is 2. The highest BCUT2D eigenvalue weighted by molar-refractivity contribution is 5.97. The van der Waals surface area contributed by atoms with E-state index in [0.29, 0.717) is 12.1 Å². The smallest absolute Gasteiger partial charge is 0.251 e. The first-order valence-electron chi connectivity index (χ1n) is 9.56. The fourth-order valence-corrected chi connectivity index (χ4v) is 3.35. The van der Waals surface area contributed by atoms with Crippen molar-refractivity contribution in [2.24, 2.45) is 0 Å². The number of fused-ring (bicyclic) bond motifs is 1. The van der Waals surface area contributed by atoms with Crippen LogP contribution in [-0.2, 0) is 17.8 Å². The summed E-state index contributed by atoms with van der Waals surface area (Å²) in [7, 11) is 0. The predicted molar refractivity (Wildman–Crippen MR) is 106 cm³/mol. The summed E-state index contributed by atoms with van der Waals surface area (Å²) in [6, 6.07) is 17.0. The molecule has 27 heavy (non-hydrogen) atoms. The van der Waals surface area contributed by atoms with Gasteiger partial charge in [0.1, 0.15) is 6.04 Å². The van der Waals surface area contributed by atoms with Crippen LogP contribution in [0.2, 0.25) is 0 Å². The lowest BCUT2D eigenvalue weighted by molar-refractivity contribution is -0.122. The summed E-state index contributed by atoms with van der Waals surface area (Å²) in [6.45, 7) is 5.32. The van der Waals surface area contributed by atoms with E-state index in [1.165, 1.54) is 11.1 Å². The van der Waals surface area contributed by atoms with Crippen LogP contribution in [-0.4, -0.2) is 42.4 Å². The van der Waals surface area contributed by atoms with Gasteiger partial charge in [-0.2, -0.15) is 0 Å². The topological polar surface area (TPSA) is 61.4 Å². The van der Waals surface area contributed by atoms with E-state index < -0.39 is 6.04 Å². The number of carbonyl (C=O) groups excluding carboxylic acids is 2. The molecule has 0 aromatic heterocycles. The van der Waals surface area contributed by atoms with Gasteiger partial charge in [-0.1, -0.05) is 42.5 Å². The minimum atomic E-state index is -0.556. The Hall–Kier alpha value is -2.66. The summed E-state index contributed by atoms with van der Waals surface area (Å²) >= 11 is 0. The first kappa shape index (κ1) is 19.1. The molecule has 1 aliphatic heterocycles. The van der Waals surface area contributed by atoms with E-state index in [1.54, 1.807) is 31.2 Å². The molecule has 2 aromatic rings. The summed E-state index contributed by atoms with van der Waals surface area (Å²) in [5, 5.41) is 5.65. The molecule has 0 fully saturated rings. The molecule has 0 saturated carbocycles. The van der Waals surface area contributed by atoms with Crippen molar-refractivity contribution in [3.8, 4) is 0 Å². The summed E-state index contributed by atoms with van der Waals surface area (Å²) < 4.78 is 0. The van der Waals surface area contributed by atoms with Gasteiger partial charge in [0.05, 0.1) is 0 Å². The fourth-order valence-electron chi connectivity index (χ4n) is 3.35. The number of nitrogens with one attached hydrogen (secondary N) is 2. The Morgan fingerprint density at radius 1 is 1.04 bits per heavy atom. The van der Waals surface area contributed by atoms with Gasteiger partial charge in [0.25, 0.3) is 5.91 Å². The van der Waals surface area contributed by atoms with E-state index in [1.807, 2.05) is 6.07 Å². The van der Waals surface area contributed by atoms with Gasteiger partial charge in [-0.3, -0.25) is 14.5 Å². The molecule has 5 heteroatoms. The molecule has 1 aliphatic rings. The van der Waals surface area contributed by atoms with Crippen molar-refractivity contribution in [2.45, 2.75) is 32.4 Å². The molecule has 0 aliphatic carbocycles. The zero-order valence-electron chi connectivity index (χ0n) is 15.8. The van der Waals surface area contributed by atoms with E-state index in [4.69, 9.17) is 0 Å². The maximum absolute atomic E-state index is 12.2. The van der Waals surface area contributed by atoms with E-state index in [2.05, 4.69) is 39.8 Å². The summed E-state index contributed by atoms with van der Waals surface area (Å²) in [6.07, 6.45) is 1.98. The van der Waals surface area contributed by atoms with Crippen LogP contribution < -0.4 is 10.6 Å². The summed E-state index contributed by atoms with van der Waals surface area (Å²) in [4.78, 5) is 26.7. The maximum Gasteiger partial charge on any atom is 0.251 e. The van der Waals surface area contributed by atoms with Crippen LogP contribution in [0.15, 0.2) is 54.6 Å². The number of carbonyl (C=O) groups is 2. The normalized spacial score (nSPS) is 14.9. The Morgan fingerprint density at radius 3 is 2.52 bits per heavy atom. The lowest BCUT2D eigenvalue weighted by atomic mass is 10.00. The number of benzene rings is 2. The molecule has 2 aromatic carbocycles. The second-order valence-corrected chi connectivity index (χ2v) is 7.00. The Bertz CT molecular complexity index is 776. The highest BCUT2D eigenvalue weighted by atomic mass is 16.2. The molecule has 5 nitrogen and oxygen atoms in total. The summed E-state index contributed by atoms with van der Waals surface area (Å²) in [5.41, 5.74) is 3.41. The van der Waals surface area contributed by atoms with Crippen molar-refractivity contribution in [1.82, 2.24) is 15.5 Å². The summed E-state index contributed by atoms with van der Waals surface area (Å²) in [5.74, 6) is -0.381. The van der Waals surface area contributed by atoms with Crippen LogP contribution in [0.3, 0.4) is 0 Å². The molecule has 2 amide bonds. The molecule has 0 radical (unpaired) electrons. The van der Waals surface area contributed by atoms with Crippen LogP contribution in [0.1, 0.15) is 34.8 Å². The van der Waals surface area contributed by atoms with Gasteiger partial charge >= 0.3 is 0 Å². The second kappa shape index (κ2) is 9.33. The molecule has 3 rings (SSSR count). The minimum Gasteiger partial charge on any atom is -0.354 e. The largest absolute Gasteiger partial charge is 0.354 e. The monoisotopic (exact) mass is 365 g/mol. The quantitative estimate of drug-likeness (QED) is 0.741. The first-order valence-corrected chi connectivity index (χ1v) is 9.56. The van der Waals surface area contributed by atoms with Gasteiger partial charge < -0.3 is 10.6 Å². The number of rotatable bonds is 7. The third kappa shape index (κ3) is 5.41. The highest BCUT2D eigenvalue weighted by Crippen LogP contribution is 2.18. The van der Waals surface area contributed by atoms with Crippen LogP contribution in [0, 0.1) is 0 Å². The molecular formula is C22H27N3O2. The van der Waals surface area contributed by atoms with Crippen LogP contribution >= 0.6 is 0 Å². The van der Waals surface area contributed by atoms with E-state index in [0.717, 1.165) is 32.5 Å². The van der Waals surface area contributed by atoms with Crippen molar-refractivity contribution in [3.05, 3.63) is 71.3 Å². The lowest BCUT2D eigenvalue weighted by Gasteiger charge is -2.28. The Labute approximate surface area is 160 Å². The number of hydrogen-bond acceptors (Lipinski definition) is 3. The molecule has 2 N–H and O–H groups in total. The van der Waals surface area contributed by atoms with Crippen molar-refractivity contribution in [1.29, 1.82) is 0 Å². The molecular weight excluding hydrogens is 338 g/mol. The lowest BCUT2D eigenvalue weighted by Crippen LogP contribution is -2.45. The van der Waals surface area contributed by atoms with Gasteiger partial charge in [0.15, 0.2) is 0 Å². The van der Waals surface area contributed by atoms with Crippen molar-refractivity contribution in [3.63, 3.8) is 0 Å². The zero-order valence-corrected chi connectivity index (χ0v) is 15.8. The Morgan fingerprint density at radius 2 is 1.74 bits per heavy atom. The van der Waals surface area contributed by atoms with Crippen LogP contribution in [0.25, 0.3) is 0 Å². The standard InChI is InChI=1S/C22H27N3O2/c1-17(24-22(27)19-9-3-2-4-10-19)21(26)23-13-7-14-25-15-12-18-8-5-6-11-20(18)16-25/h2-6,8-11,17H,7,12-16H2,1H3,(H,23,26)(H,24,27)/t17-/m1/s1. The molecule has 0 unspecified atom stereocenters. The van der Waals surface area contributed by atoms with Crippen molar-refractivity contribution >= 4 is 11.8 Å². The van der Waals surface area contributed by atoms with Crippen LogP contribution in [0.5, 0.6) is 0 Å². The van der Waals surface area contributed by atoms with Gasteiger partial charge in [-0.25, -0.2) is 0 Å². The highest BCUT2D eigenvalue weighted by Gasteiger charge is 2.17. The van der Waals surface area contributed by atoms with Gasteiger partial charge in [0.2, 0.25) is 5.91 Å². The minimum absolute atomic E-state index is 0.150. The average molecular weight is 365 g/mol. The van der Waals surface area contributed by atoms with Crippen LogP contribution in [0.4, 0.5) is 0 Å². The van der Waals surface area contributed by atoms with Crippen molar-refractivity contribution < 1.29 is 9.59 Å². The molecule has 1 atom stereocenters. The second-order valence-electron chi connectivity index (χ2n) is 7.00. The van der Waals surface area contributed by atoms with E-state index >= 15 is 0 Å². The Kier molecular flexibility index (Phi) is 6.60. The molecule has 1 heterocycles. The molecule has 0 spiro atoms. The molecule has 0 bridgehead atoms. The third-order valence-corrected chi connectivity index (χ3v) is 4.94. The maximum atomic E-state index is 12.2. The van der Waals surface area contributed by atoms with Crippen molar-refractivity contribution in [2.75, 3.05) is 19.6 Å². The third-order valence-electron chi connectivity index (χ3n) is 4.94. The SMILES string of the molecule is C[C@@H](NC(=O)c1ccccc1)C(=O)NCCCN1CCc2ccccc2C1. The van der Waals surface area contributed by atoms with Gasteiger partial charge in [-0.15, -0.1) is 0 Å². The number of nitrogens with zero attached hydrogens (tertiary/aromatic N) is 1.